The van der Waals surface area contributed by atoms with Crippen LogP contribution in [0.15, 0.2) is 24.3 Å². The van der Waals surface area contributed by atoms with Gasteiger partial charge >= 0.3 is 5.97 Å². The molecule has 0 saturated heterocycles. The first kappa shape index (κ1) is 10.2. The summed E-state index contributed by atoms with van der Waals surface area (Å²) in [5.74, 6) is -0.490. The van der Waals surface area contributed by atoms with E-state index in [-0.39, 0.29) is 5.92 Å². The Morgan fingerprint density at radius 2 is 1.73 bits per heavy atom. The molecule has 1 aromatic carbocycles. The van der Waals surface area contributed by atoms with E-state index < -0.39 is 11.4 Å². The monoisotopic (exact) mass is 204 g/mol. The first-order valence-corrected chi connectivity index (χ1v) is 5.36. The Kier molecular flexibility index (Phi) is 2.29. The van der Waals surface area contributed by atoms with Crippen LogP contribution in [0.2, 0.25) is 0 Å². The van der Waals surface area contributed by atoms with Gasteiger partial charge < -0.3 is 5.11 Å². The Morgan fingerprint density at radius 1 is 1.27 bits per heavy atom. The Balaban J connectivity index is 2.41. The van der Waals surface area contributed by atoms with Crippen molar-refractivity contribution in [3.8, 4) is 0 Å². The highest BCUT2D eigenvalue weighted by molar-refractivity contribution is 5.77. The van der Waals surface area contributed by atoms with E-state index in [0.29, 0.717) is 12.8 Å². The van der Waals surface area contributed by atoms with Crippen molar-refractivity contribution in [3.05, 3.63) is 35.4 Å². The van der Waals surface area contributed by atoms with E-state index >= 15 is 0 Å². The van der Waals surface area contributed by atoms with Gasteiger partial charge in [0.15, 0.2) is 0 Å². The minimum atomic E-state index is -0.659. The Morgan fingerprint density at radius 3 is 2.07 bits per heavy atom. The number of benzene rings is 1. The number of rotatable bonds is 2. The number of hydrogen-bond donors (Lipinski definition) is 1. The van der Waals surface area contributed by atoms with Gasteiger partial charge in [-0.2, -0.15) is 0 Å². The van der Waals surface area contributed by atoms with E-state index in [0.717, 1.165) is 0 Å². The highest BCUT2D eigenvalue weighted by Crippen LogP contribution is 2.42. The second-order valence-electron chi connectivity index (χ2n) is 4.74. The molecule has 2 heteroatoms. The standard InChI is InChI=1S/C13H16O2/c1-9(2)13(12(14)15)7-10-5-3-4-6-11(10)8-13/h3-6,9H,7-8H2,1-2H3,(H,14,15). The summed E-state index contributed by atoms with van der Waals surface area (Å²) in [6, 6.07) is 8.05. The topological polar surface area (TPSA) is 37.3 Å². The van der Waals surface area contributed by atoms with Gasteiger partial charge in [-0.1, -0.05) is 38.1 Å². The van der Waals surface area contributed by atoms with Gasteiger partial charge in [-0.3, -0.25) is 4.79 Å². The number of hydrogen-bond acceptors (Lipinski definition) is 1. The van der Waals surface area contributed by atoms with E-state index in [1.54, 1.807) is 0 Å². The van der Waals surface area contributed by atoms with Crippen LogP contribution in [0, 0.1) is 11.3 Å². The van der Waals surface area contributed by atoms with Gasteiger partial charge in [0, 0.05) is 0 Å². The molecule has 2 nitrogen and oxygen atoms in total. The lowest BCUT2D eigenvalue weighted by Gasteiger charge is -2.28. The summed E-state index contributed by atoms with van der Waals surface area (Å²) in [6.45, 7) is 4.00. The lowest BCUT2D eigenvalue weighted by atomic mass is 9.75. The van der Waals surface area contributed by atoms with E-state index in [1.807, 2.05) is 38.1 Å². The zero-order valence-corrected chi connectivity index (χ0v) is 9.16. The second-order valence-corrected chi connectivity index (χ2v) is 4.74. The van der Waals surface area contributed by atoms with Crippen molar-refractivity contribution in [2.75, 3.05) is 0 Å². The normalized spacial score (nSPS) is 17.8. The molecule has 15 heavy (non-hydrogen) atoms. The molecule has 1 aliphatic carbocycles. The van der Waals surface area contributed by atoms with Crippen molar-refractivity contribution >= 4 is 5.97 Å². The summed E-state index contributed by atoms with van der Waals surface area (Å²) in [7, 11) is 0. The number of carbonyl (C=O) groups is 1. The number of carboxylic acid groups (broad SMARTS) is 1. The Labute approximate surface area is 89.9 Å². The van der Waals surface area contributed by atoms with Crippen molar-refractivity contribution in [3.63, 3.8) is 0 Å². The van der Waals surface area contributed by atoms with E-state index in [4.69, 9.17) is 0 Å². The zero-order chi connectivity index (χ0) is 11.1. The third kappa shape index (κ3) is 1.44. The molecule has 0 amide bonds. The molecular formula is C13H16O2. The fourth-order valence-corrected chi connectivity index (χ4v) is 2.45. The van der Waals surface area contributed by atoms with Crippen LogP contribution in [-0.4, -0.2) is 11.1 Å². The van der Waals surface area contributed by atoms with Crippen LogP contribution in [0.4, 0.5) is 0 Å². The molecule has 80 valence electrons. The summed E-state index contributed by atoms with van der Waals surface area (Å²) >= 11 is 0. The molecule has 0 aliphatic heterocycles. The molecule has 0 atom stereocenters. The molecule has 0 aromatic heterocycles. The minimum Gasteiger partial charge on any atom is -0.481 e. The maximum Gasteiger partial charge on any atom is 0.310 e. The van der Waals surface area contributed by atoms with Crippen molar-refractivity contribution in [1.29, 1.82) is 0 Å². The smallest absolute Gasteiger partial charge is 0.310 e. The van der Waals surface area contributed by atoms with Crippen LogP contribution < -0.4 is 0 Å². The van der Waals surface area contributed by atoms with Gasteiger partial charge in [0.2, 0.25) is 0 Å². The highest BCUT2D eigenvalue weighted by Gasteiger charge is 2.46. The number of aliphatic carboxylic acids is 1. The molecule has 0 unspecified atom stereocenters. The molecule has 1 N–H and O–H groups in total. The fourth-order valence-electron chi connectivity index (χ4n) is 2.45. The van der Waals surface area contributed by atoms with E-state index in [1.165, 1.54) is 11.1 Å². The highest BCUT2D eigenvalue weighted by atomic mass is 16.4. The molecule has 0 bridgehead atoms. The molecule has 0 saturated carbocycles. The van der Waals surface area contributed by atoms with Crippen molar-refractivity contribution in [1.82, 2.24) is 0 Å². The van der Waals surface area contributed by atoms with Crippen molar-refractivity contribution in [2.24, 2.45) is 11.3 Å². The zero-order valence-electron chi connectivity index (χ0n) is 9.16. The summed E-state index contributed by atoms with van der Waals surface area (Å²) < 4.78 is 0. The molecule has 0 radical (unpaired) electrons. The third-order valence-electron chi connectivity index (χ3n) is 3.66. The lowest BCUT2D eigenvalue weighted by Crippen LogP contribution is -2.37. The Hall–Kier alpha value is -1.31. The van der Waals surface area contributed by atoms with Crippen LogP contribution in [-0.2, 0) is 17.6 Å². The molecular weight excluding hydrogens is 188 g/mol. The van der Waals surface area contributed by atoms with Crippen LogP contribution >= 0.6 is 0 Å². The maximum atomic E-state index is 11.4. The molecule has 0 spiro atoms. The van der Waals surface area contributed by atoms with E-state index in [2.05, 4.69) is 0 Å². The quantitative estimate of drug-likeness (QED) is 0.803. The van der Waals surface area contributed by atoms with Crippen LogP contribution in [0.1, 0.15) is 25.0 Å². The van der Waals surface area contributed by atoms with Crippen LogP contribution in [0.3, 0.4) is 0 Å². The van der Waals surface area contributed by atoms with Gasteiger partial charge in [0.1, 0.15) is 0 Å². The first-order chi connectivity index (χ1) is 7.06. The maximum absolute atomic E-state index is 11.4. The molecule has 2 rings (SSSR count). The predicted molar refractivity (Wildman–Crippen MR) is 58.8 cm³/mol. The van der Waals surface area contributed by atoms with Gasteiger partial charge in [-0.05, 0) is 29.9 Å². The number of fused-ring (bicyclic) bond motifs is 1. The molecule has 0 heterocycles. The fraction of sp³-hybridized carbons (Fsp3) is 0.462. The Bertz CT molecular complexity index is 368. The van der Waals surface area contributed by atoms with Gasteiger partial charge in [0.25, 0.3) is 0 Å². The average molecular weight is 204 g/mol. The van der Waals surface area contributed by atoms with Crippen molar-refractivity contribution in [2.45, 2.75) is 26.7 Å². The van der Waals surface area contributed by atoms with Gasteiger partial charge in [0.05, 0.1) is 5.41 Å². The largest absolute Gasteiger partial charge is 0.481 e. The summed E-state index contributed by atoms with van der Waals surface area (Å²) in [4.78, 5) is 11.4. The van der Waals surface area contributed by atoms with Crippen molar-refractivity contribution < 1.29 is 9.90 Å². The molecule has 0 fully saturated rings. The molecule has 1 aromatic rings. The minimum absolute atomic E-state index is 0.169. The predicted octanol–water partition coefficient (Wildman–Crippen LogP) is 2.51. The summed E-state index contributed by atoms with van der Waals surface area (Å²) in [6.07, 6.45) is 1.35. The number of carboxylic acids is 1. The third-order valence-corrected chi connectivity index (χ3v) is 3.66. The average Bonchev–Trinajstić information content (AvgIpc) is 2.57. The van der Waals surface area contributed by atoms with Gasteiger partial charge in [-0.25, -0.2) is 0 Å². The van der Waals surface area contributed by atoms with Crippen LogP contribution in [0.25, 0.3) is 0 Å². The molecule has 1 aliphatic rings. The second kappa shape index (κ2) is 3.37. The first-order valence-electron chi connectivity index (χ1n) is 5.36. The van der Waals surface area contributed by atoms with Gasteiger partial charge in [-0.15, -0.1) is 0 Å². The summed E-state index contributed by atoms with van der Waals surface area (Å²) in [5.41, 5.74) is 1.83. The van der Waals surface area contributed by atoms with E-state index in [9.17, 15) is 9.90 Å². The SMILES string of the molecule is CC(C)C1(C(=O)O)Cc2ccccc2C1. The summed E-state index contributed by atoms with van der Waals surface area (Å²) in [5, 5.41) is 9.41. The van der Waals surface area contributed by atoms with Crippen LogP contribution in [0.5, 0.6) is 0 Å². The lowest BCUT2D eigenvalue weighted by molar-refractivity contribution is -0.151.